The van der Waals surface area contributed by atoms with Crippen LogP contribution in [0.3, 0.4) is 0 Å². The first-order valence-corrected chi connectivity index (χ1v) is 9.50. The fourth-order valence-corrected chi connectivity index (χ4v) is 2.90. The highest BCUT2D eigenvalue weighted by Crippen LogP contribution is 2.18. The van der Waals surface area contributed by atoms with Crippen molar-refractivity contribution in [1.29, 1.82) is 0 Å². The molecule has 1 N–H and O–H groups in total. The third kappa shape index (κ3) is 5.68. The minimum Gasteiger partial charge on any atom is -0.444 e. The molecule has 0 spiro atoms. The summed E-state index contributed by atoms with van der Waals surface area (Å²) in [5.41, 5.74) is 0.291. The second-order valence-corrected chi connectivity index (χ2v) is 8.34. The third-order valence-electron chi connectivity index (χ3n) is 4.36. The molecule has 1 unspecified atom stereocenters. The summed E-state index contributed by atoms with van der Waals surface area (Å²) in [4.78, 5) is 44.1. The van der Waals surface area contributed by atoms with Gasteiger partial charge in [0.05, 0.1) is 0 Å². The normalized spacial score (nSPS) is 16.8. The number of likely N-dealkylation sites (tertiary alicyclic amines) is 1. The van der Waals surface area contributed by atoms with Crippen molar-refractivity contribution < 1.29 is 19.1 Å². The van der Waals surface area contributed by atoms with Crippen LogP contribution >= 0.6 is 0 Å². The summed E-state index contributed by atoms with van der Waals surface area (Å²) in [6, 6.07) is 3.12. The summed E-state index contributed by atoms with van der Waals surface area (Å²) in [5, 5.41) is 2.91. The van der Waals surface area contributed by atoms with Crippen LogP contribution in [0.25, 0.3) is 0 Å². The molecule has 0 saturated carbocycles. The number of anilines is 1. The highest BCUT2D eigenvalue weighted by molar-refractivity contribution is 5.97. The summed E-state index contributed by atoms with van der Waals surface area (Å²) in [6.07, 6.45) is 1.78. The lowest BCUT2D eigenvalue weighted by molar-refractivity contribution is -0.121. The van der Waals surface area contributed by atoms with Crippen LogP contribution in [-0.4, -0.2) is 59.6 Å². The smallest absolute Gasteiger partial charge is 0.410 e. The first kappa shape index (κ1) is 21.7. The number of ether oxygens (including phenoxy) is 1. The monoisotopic (exact) mass is 390 g/mol. The minimum atomic E-state index is -0.553. The Balaban J connectivity index is 1.98. The SMILES string of the molecule is CC(C)C(=O)N(C)c1ccnc(C(=O)NC2CCN(C(=O)OC(C)(C)C)C2)c1. The number of hydrogen-bond acceptors (Lipinski definition) is 5. The number of amides is 3. The molecule has 0 aromatic carbocycles. The molecule has 28 heavy (non-hydrogen) atoms. The highest BCUT2D eigenvalue weighted by atomic mass is 16.6. The van der Waals surface area contributed by atoms with Crippen LogP contribution in [-0.2, 0) is 9.53 Å². The van der Waals surface area contributed by atoms with Gasteiger partial charge in [0, 0.05) is 44.0 Å². The average Bonchev–Trinajstić information content (AvgIpc) is 3.07. The summed E-state index contributed by atoms with van der Waals surface area (Å²) in [6.45, 7) is 10.0. The summed E-state index contributed by atoms with van der Waals surface area (Å²) in [5.74, 6) is -0.516. The van der Waals surface area contributed by atoms with Crippen LogP contribution < -0.4 is 10.2 Å². The molecule has 3 amide bonds. The van der Waals surface area contributed by atoms with E-state index in [0.717, 1.165) is 0 Å². The lowest BCUT2D eigenvalue weighted by atomic mass is 10.2. The number of nitrogens with one attached hydrogen (secondary N) is 1. The van der Waals surface area contributed by atoms with Gasteiger partial charge < -0.3 is 19.9 Å². The standard InChI is InChI=1S/C20H30N4O4/c1-13(2)18(26)23(6)15-7-9-21-16(11-15)17(25)22-14-8-10-24(12-14)19(27)28-20(3,4)5/h7,9,11,13-14H,8,10,12H2,1-6H3,(H,22,25). The molecule has 8 heteroatoms. The van der Waals surface area contributed by atoms with E-state index in [4.69, 9.17) is 4.74 Å². The van der Waals surface area contributed by atoms with Crippen LogP contribution in [0.5, 0.6) is 0 Å². The molecule has 2 rings (SSSR count). The molecule has 154 valence electrons. The summed E-state index contributed by atoms with van der Waals surface area (Å²) >= 11 is 0. The Bertz CT molecular complexity index is 742. The Kier molecular flexibility index (Phi) is 6.64. The Morgan fingerprint density at radius 3 is 2.61 bits per heavy atom. The lowest BCUT2D eigenvalue weighted by Crippen LogP contribution is -2.40. The maximum Gasteiger partial charge on any atom is 0.410 e. The van der Waals surface area contributed by atoms with Crippen molar-refractivity contribution in [3.05, 3.63) is 24.0 Å². The van der Waals surface area contributed by atoms with Gasteiger partial charge in [0.2, 0.25) is 5.91 Å². The topological polar surface area (TPSA) is 91.8 Å². The zero-order valence-electron chi connectivity index (χ0n) is 17.5. The number of carbonyl (C=O) groups excluding carboxylic acids is 3. The summed E-state index contributed by atoms with van der Waals surface area (Å²) in [7, 11) is 1.68. The Morgan fingerprint density at radius 2 is 2.00 bits per heavy atom. The van der Waals surface area contributed by atoms with Gasteiger partial charge in [-0.05, 0) is 39.3 Å². The zero-order valence-corrected chi connectivity index (χ0v) is 17.5. The predicted octanol–water partition coefficient (Wildman–Crippen LogP) is 2.44. The van der Waals surface area contributed by atoms with Crippen LogP contribution in [0.1, 0.15) is 51.5 Å². The van der Waals surface area contributed by atoms with E-state index in [-0.39, 0.29) is 35.6 Å². The van der Waals surface area contributed by atoms with Crippen molar-refractivity contribution in [2.24, 2.45) is 5.92 Å². The molecule has 1 saturated heterocycles. The van der Waals surface area contributed by atoms with Crippen LogP contribution in [0, 0.1) is 5.92 Å². The Labute approximate surface area is 166 Å². The van der Waals surface area contributed by atoms with E-state index >= 15 is 0 Å². The fraction of sp³-hybridized carbons (Fsp3) is 0.600. The van der Waals surface area contributed by atoms with Crippen LogP contribution in [0.2, 0.25) is 0 Å². The quantitative estimate of drug-likeness (QED) is 0.853. The maximum absolute atomic E-state index is 12.6. The van der Waals surface area contributed by atoms with Crippen molar-refractivity contribution >= 4 is 23.6 Å². The van der Waals surface area contributed by atoms with E-state index in [0.29, 0.717) is 25.2 Å². The second-order valence-electron chi connectivity index (χ2n) is 8.34. The van der Waals surface area contributed by atoms with Gasteiger partial charge in [0.15, 0.2) is 0 Å². The van der Waals surface area contributed by atoms with Crippen molar-refractivity contribution in [3.8, 4) is 0 Å². The van der Waals surface area contributed by atoms with Gasteiger partial charge in [-0.15, -0.1) is 0 Å². The molecule has 2 heterocycles. The predicted molar refractivity (Wildman–Crippen MR) is 106 cm³/mol. The van der Waals surface area contributed by atoms with Crippen LogP contribution in [0.15, 0.2) is 18.3 Å². The molecule has 1 atom stereocenters. The molecule has 0 bridgehead atoms. The average molecular weight is 390 g/mol. The van der Waals surface area contributed by atoms with E-state index in [2.05, 4.69) is 10.3 Å². The Hall–Kier alpha value is -2.64. The van der Waals surface area contributed by atoms with Gasteiger partial charge in [0.25, 0.3) is 5.91 Å². The molecular weight excluding hydrogens is 360 g/mol. The van der Waals surface area contributed by atoms with Gasteiger partial charge in [-0.3, -0.25) is 14.6 Å². The molecule has 1 aliphatic heterocycles. The minimum absolute atomic E-state index is 0.0404. The first-order chi connectivity index (χ1) is 13.0. The Morgan fingerprint density at radius 1 is 1.32 bits per heavy atom. The van der Waals surface area contributed by atoms with Crippen molar-refractivity contribution in [2.45, 2.75) is 52.7 Å². The van der Waals surface area contributed by atoms with Crippen LogP contribution in [0.4, 0.5) is 10.5 Å². The van der Waals surface area contributed by atoms with E-state index in [1.807, 2.05) is 34.6 Å². The number of pyridine rings is 1. The molecule has 1 aliphatic rings. The first-order valence-electron chi connectivity index (χ1n) is 9.50. The zero-order chi connectivity index (χ0) is 21.1. The van der Waals surface area contributed by atoms with Crippen molar-refractivity contribution in [2.75, 3.05) is 25.0 Å². The molecule has 0 aliphatic carbocycles. The van der Waals surface area contributed by atoms with Gasteiger partial charge in [-0.2, -0.15) is 0 Å². The van der Waals surface area contributed by atoms with E-state index in [1.165, 1.54) is 11.1 Å². The maximum atomic E-state index is 12.6. The van der Waals surface area contributed by atoms with Crippen molar-refractivity contribution in [3.63, 3.8) is 0 Å². The number of aromatic nitrogens is 1. The summed E-state index contributed by atoms with van der Waals surface area (Å²) < 4.78 is 5.37. The molecule has 1 aromatic rings. The number of hydrogen-bond donors (Lipinski definition) is 1. The fourth-order valence-electron chi connectivity index (χ4n) is 2.90. The molecule has 0 radical (unpaired) electrons. The number of nitrogens with zero attached hydrogens (tertiary/aromatic N) is 3. The van der Waals surface area contributed by atoms with E-state index in [1.54, 1.807) is 24.1 Å². The third-order valence-corrected chi connectivity index (χ3v) is 4.36. The van der Waals surface area contributed by atoms with Gasteiger partial charge in [-0.1, -0.05) is 13.8 Å². The molecule has 1 aromatic heterocycles. The van der Waals surface area contributed by atoms with Gasteiger partial charge >= 0.3 is 6.09 Å². The molecular formula is C20H30N4O4. The number of rotatable bonds is 4. The van der Waals surface area contributed by atoms with E-state index < -0.39 is 5.60 Å². The van der Waals surface area contributed by atoms with E-state index in [9.17, 15) is 14.4 Å². The number of carbonyl (C=O) groups is 3. The second kappa shape index (κ2) is 8.58. The largest absolute Gasteiger partial charge is 0.444 e. The van der Waals surface area contributed by atoms with Gasteiger partial charge in [-0.25, -0.2) is 4.79 Å². The van der Waals surface area contributed by atoms with Crippen molar-refractivity contribution in [1.82, 2.24) is 15.2 Å². The molecule has 1 fully saturated rings. The lowest BCUT2D eigenvalue weighted by Gasteiger charge is -2.24. The molecule has 8 nitrogen and oxygen atoms in total. The highest BCUT2D eigenvalue weighted by Gasteiger charge is 2.31. The van der Waals surface area contributed by atoms with Gasteiger partial charge in [0.1, 0.15) is 11.3 Å².